The summed E-state index contributed by atoms with van der Waals surface area (Å²) in [7, 11) is 0. The first-order chi connectivity index (χ1) is 12.6. The van der Waals surface area contributed by atoms with Crippen LogP contribution in [-0.4, -0.2) is 26.8 Å². The van der Waals surface area contributed by atoms with Crippen LogP contribution >= 0.6 is 0 Å². The van der Waals surface area contributed by atoms with Crippen LogP contribution in [0.4, 0.5) is 18.9 Å². The van der Waals surface area contributed by atoms with Crippen molar-refractivity contribution in [2.75, 3.05) is 5.32 Å². The van der Waals surface area contributed by atoms with Gasteiger partial charge in [0.2, 0.25) is 5.91 Å². The van der Waals surface area contributed by atoms with Gasteiger partial charge in [-0.25, -0.2) is 9.48 Å². The molecule has 2 rings (SSSR count). The molecule has 0 saturated heterocycles. The molecule has 0 spiro atoms. The molecule has 2 unspecified atom stereocenters. The Kier molecular flexibility index (Phi) is 5.92. The second-order valence-corrected chi connectivity index (χ2v) is 6.33. The van der Waals surface area contributed by atoms with Crippen molar-refractivity contribution in [2.24, 2.45) is 11.8 Å². The number of nitrogens with one attached hydrogen (secondary N) is 1. The maximum absolute atomic E-state index is 13.3. The summed E-state index contributed by atoms with van der Waals surface area (Å²) in [5.41, 5.74) is -1.83. The molecule has 6 nitrogen and oxygen atoms in total. The van der Waals surface area contributed by atoms with Crippen LogP contribution in [0.15, 0.2) is 30.5 Å². The highest BCUT2D eigenvalue weighted by Gasteiger charge is 2.40. The van der Waals surface area contributed by atoms with E-state index in [2.05, 4.69) is 10.4 Å². The third-order valence-corrected chi connectivity index (χ3v) is 4.56. The summed E-state index contributed by atoms with van der Waals surface area (Å²) in [5.74, 6) is -1.91. The molecule has 1 aromatic carbocycles. The van der Waals surface area contributed by atoms with E-state index in [-0.39, 0.29) is 23.4 Å². The molecule has 0 aliphatic carbocycles. The molecular weight excluding hydrogens is 363 g/mol. The summed E-state index contributed by atoms with van der Waals surface area (Å²) >= 11 is 0. The van der Waals surface area contributed by atoms with Crippen LogP contribution in [0, 0.1) is 11.8 Å². The number of anilines is 1. The van der Waals surface area contributed by atoms with Crippen molar-refractivity contribution in [3.05, 3.63) is 41.7 Å². The van der Waals surface area contributed by atoms with Crippen LogP contribution < -0.4 is 5.32 Å². The Labute approximate surface area is 154 Å². The minimum atomic E-state index is -4.89. The average Bonchev–Trinajstić information content (AvgIpc) is 3.06. The SMILES string of the molecule is CCC(C)C(C)C(=O)Nc1ccc(-n2ncc(C(=O)O)c2C(F)(F)F)cc1. The van der Waals surface area contributed by atoms with Crippen molar-refractivity contribution < 1.29 is 27.9 Å². The molecule has 0 saturated carbocycles. The molecule has 2 N–H and O–H groups in total. The van der Waals surface area contributed by atoms with Crippen molar-refractivity contribution in [1.82, 2.24) is 9.78 Å². The monoisotopic (exact) mass is 383 g/mol. The third-order valence-electron chi connectivity index (χ3n) is 4.56. The smallest absolute Gasteiger partial charge is 0.434 e. The highest BCUT2D eigenvalue weighted by molar-refractivity contribution is 5.92. The van der Waals surface area contributed by atoms with Gasteiger partial charge in [0.1, 0.15) is 5.56 Å². The number of hydrogen-bond donors (Lipinski definition) is 2. The maximum Gasteiger partial charge on any atom is 0.434 e. The van der Waals surface area contributed by atoms with E-state index in [0.717, 1.165) is 6.42 Å². The molecule has 146 valence electrons. The van der Waals surface area contributed by atoms with Crippen LogP contribution in [0.1, 0.15) is 43.2 Å². The van der Waals surface area contributed by atoms with Gasteiger partial charge in [-0.3, -0.25) is 4.79 Å². The summed E-state index contributed by atoms with van der Waals surface area (Å²) in [6.45, 7) is 5.76. The second kappa shape index (κ2) is 7.81. The molecule has 2 atom stereocenters. The van der Waals surface area contributed by atoms with E-state index in [1.807, 2.05) is 20.8 Å². The Bertz CT molecular complexity index is 829. The number of alkyl halides is 3. The van der Waals surface area contributed by atoms with Crippen LogP contribution in [0.3, 0.4) is 0 Å². The van der Waals surface area contributed by atoms with E-state index in [0.29, 0.717) is 16.6 Å². The second-order valence-electron chi connectivity index (χ2n) is 6.33. The molecule has 0 fully saturated rings. The number of rotatable bonds is 6. The lowest BCUT2D eigenvalue weighted by molar-refractivity contribution is -0.143. The zero-order valence-electron chi connectivity index (χ0n) is 15.0. The summed E-state index contributed by atoms with van der Waals surface area (Å²) in [5, 5.41) is 15.2. The molecule has 1 aromatic heterocycles. The van der Waals surface area contributed by atoms with Crippen molar-refractivity contribution in [2.45, 2.75) is 33.4 Å². The summed E-state index contributed by atoms with van der Waals surface area (Å²) < 4.78 is 40.3. The van der Waals surface area contributed by atoms with Gasteiger partial charge >= 0.3 is 12.1 Å². The van der Waals surface area contributed by atoms with Crippen LogP contribution in [0.2, 0.25) is 0 Å². The first-order valence-corrected chi connectivity index (χ1v) is 8.36. The normalized spacial score (nSPS) is 13.9. The highest BCUT2D eigenvalue weighted by Crippen LogP contribution is 2.33. The molecule has 1 amide bonds. The number of nitrogens with zero attached hydrogens (tertiary/aromatic N) is 2. The van der Waals surface area contributed by atoms with Gasteiger partial charge in [-0.2, -0.15) is 18.3 Å². The average molecular weight is 383 g/mol. The van der Waals surface area contributed by atoms with Gasteiger partial charge in [0, 0.05) is 11.6 Å². The standard InChI is InChI=1S/C18H20F3N3O3/c1-4-10(2)11(3)16(25)23-12-5-7-13(8-6-12)24-15(18(19,20)21)14(9-22-24)17(26)27/h5-11H,4H2,1-3H3,(H,23,25)(H,26,27). The van der Waals surface area contributed by atoms with Crippen molar-refractivity contribution in [3.8, 4) is 5.69 Å². The predicted molar refractivity (Wildman–Crippen MR) is 92.8 cm³/mol. The van der Waals surface area contributed by atoms with Gasteiger partial charge in [-0.1, -0.05) is 27.2 Å². The van der Waals surface area contributed by atoms with Gasteiger partial charge in [0.05, 0.1) is 11.9 Å². The lowest BCUT2D eigenvalue weighted by Gasteiger charge is -2.18. The predicted octanol–water partition coefficient (Wildman–Crippen LogP) is 4.21. The number of benzene rings is 1. The number of carboxylic acid groups (broad SMARTS) is 1. The lowest BCUT2D eigenvalue weighted by atomic mass is 9.93. The largest absolute Gasteiger partial charge is 0.478 e. The Morgan fingerprint density at radius 2 is 1.81 bits per heavy atom. The topological polar surface area (TPSA) is 84.2 Å². The Balaban J connectivity index is 2.29. The fraction of sp³-hybridized carbons (Fsp3) is 0.389. The number of carbonyl (C=O) groups is 2. The van der Waals surface area contributed by atoms with E-state index in [1.165, 1.54) is 24.3 Å². The van der Waals surface area contributed by atoms with E-state index in [1.54, 1.807) is 0 Å². The zero-order valence-corrected chi connectivity index (χ0v) is 15.0. The maximum atomic E-state index is 13.3. The van der Waals surface area contributed by atoms with Gasteiger partial charge < -0.3 is 10.4 Å². The highest BCUT2D eigenvalue weighted by atomic mass is 19.4. The fourth-order valence-electron chi connectivity index (χ4n) is 2.53. The molecule has 0 aliphatic heterocycles. The third kappa shape index (κ3) is 4.47. The molecule has 0 bridgehead atoms. The zero-order chi connectivity index (χ0) is 20.4. The van der Waals surface area contributed by atoms with Gasteiger partial charge in [0.15, 0.2) is 5.69 Å². The molecule has 0 radical (unpaired) electrons. The van der Waals surface area contributed by atoms with E-state index < -0.39 is 23.4 Å². The van der Waals surface area contributed by atoms with Gasteiger partial charge in [-0.15, -0.1) is 0 Å². The molecule has 2 aromatic rings. The number of halogens is 3. The molecule has 0 aliphatic rings. The summed E-state index contributed by atoms with van der Waals surface area (Å²) in [6, 6.07) is 5.55. The van der Waals surface area contributed by atoms with Crippen LogP contribution in [0.25, 0.3) is 5.69 Å². The first-order valence-electron chi connectivity index (χ1n) is 8.36. The lowest BCUT2D eigenvalue weighted by Crippen LogP contribution is -2.25. The Hall–Kier alpha value is -2.84. The van der Waals surface area contributed by atoms with Crippen LogP contribution in [-0.2, 0) is 11.0 Å². The van der Waals surface area contributed by atoms with Crippen molar-refractivity contribution >= 4 is 17.6 Å². The summed E-state index contributed by atoms with van der Waals surface area (Å²) in [4.78, 5) is 23.2. The Morgan fingerprint density at radius 1 is 1.22 bits per heavy atom. The summed E-state index contributed by atoms with van der Waals surface area (Å²) in [6.07, 6.45) is -3.38. The number of aromatic nitrogens is 2. The number of aromatic carboxylic acids is 1. The minimum Gasteiger partial charge on any atom is -0.478 e. The van der Waals surface area contributed by atoms with E-state index >= 15 is 0 Å². The number of amides is 1. The van der Waals surface area contributed by atoms with Gasteiger partial charge in [-0.05, 0) is 30.2 Å². The van der Waals surface area contributed by atoms with E-state index in [4.69, 9.17) is 5.11 Å². The number of carbonyl (C=O) groups excluding carboxylic acids is 1. The van der Waals surface area contributed by atoms with E-state index in [9.17, 15) is 22.8 Å². The molecule has 1 heterocycles. The molecule has 9 heteroatoms. The van der Waals surface area contributed by atoms with Crippen molar-refractivity contribution in [1.29, 1.82) is 0 Å². The molecular formula is C18H20F3N3O3. The number of hydrogen-bond acceptors (Lipinski definition) is 3. The molecule has 27 heavy (non-hydrogen) atoms. The minimum absolute atomic E-state index is 0.0304. The van der Waals surface area contributed by atoms with Gasteiger partial charge in [0.25, 0.3) is 0 Å². The first kappa shape index (κ1) is 20.5. The number of carboxylic acids is 1. The van der Waals surface area contributed by atoms with Crippen molar-refractivity contribution in [3.63, 3.8) is 0 Å². The Morgan fingerprint density at radius 3 is 2.30 bits per heavy atom. The fourth-order valence-corrected chi connectivity index (χ4v) is 2.53. The quantitative estimate of drug-likeness (QED) is 0.783. The van der Waals surface area contributed by atoms with Crippen LogP contribution in [0.5, 0.6) is 0 Å².